The summed E-state index contributed by atoms with van der Waals surface area (Å²) in [6.45, 7) is 0.536. The van der Waals surface area contributed by atoms with Gasteiger partial charge in [0.15, 0.2) is 0 Å². The van der Waals surface area contributed by atoms with E-state index in [1.807, 2.05) is 24.3 Å². The van der Waals surface area contributed by atoms with Crippen LogP contribution in [0.25, 0.3) is 0 Å². The van der Waals surface area contributed by atoms with Gasteiger partial charge in [-0.1, -0.05) is 25.0 Å². The van der Waals surface area contributed by atoms with Crippen molar-refractivity contribution in [1.29, 1.82) is 0 Å². The quantitative estimate of drug-likeness (QED) is 0.786. The number of nitrogens with two attached hydrogens (primary N) is 1. The molecule has 0 bridgehead atoms. The van der Waals surface area contributed by atoms with Gasteiger partial charge in [-0.2, -0.15) is 0 Å². The van der Waals surface area contributed by atoms with Gasteiger partial charge in [0.1, 0.15) is 0 Å². The van der Waals surface area contributed by atoms with Crippen LogP contribution in [0, 0.1) is 0 Å². The van der Waals surface area contributed by atoms with Crippen molar-refractivity contribution < 1.29 is 9.90 Å². The number of rotatable bonds is 5. The standard InChI is InChI=1S/C14H20N2O2/c15-12-7-3-4-8-13(12)16(10-9-14(17)18)11-5-1-2-6-11/h3-4,7-8,11H,1-2,5-6,9-10,15H2,(H,17,18). The first-order chi connectivity index (χ1) is 8.68. The van der Waals surface area contributed by atoms with Gasteiger partial charge in [-0.25, -0.2) is 0 Å². The molecule has 0 amide bonds. The van der Waals surface area contributed by atoms with E-state index in [1.165, 1.54) is 12.8 Å². The molecule has 0 atom stereocenters. The first kappa shape index (κ1) is 12.7. The van der Waals surface area contributed by atoms with Crippen LogP contribution in [0.2, 0.25) is 0 Å². The monoisotopic (exact) mass is 248 g/mol. The van der Waals surface area contributed by atoms with Crippen molar-refractivity contribution in [3.8, 4) is 0 Å². The molecule has 1 fully saturated rings. The zero-order chi connectivity index (χ0) is 13.0. The molecule has 1 aliphatic rings. The summed E-state index contributed by atoms with van der Waals surface area (Å²) in [5.74, 6) is -0.757. The number of carboxylic acids is 1. The van der Waals surface area contributed by atoms with Crippen molar-refractivity contribution in [2.24, 2.45) is 0 Å². The molecule has 2 rings (SSSR count). The van der Waals surface area contributed by atoms with Crippen molar-refractivity contribution >= 4 is 17.3 Å². The summed E-state index contributed by atoms with van der Waals surface area (Å²) in [7, 11) is 0. The van der Waals surface area contributed by atoms with Crippen LogP contribution in [0.15, 0.2) is 24.3 Å². The minimum atomic E-state index is -0.757. The van der Waals surface area contributed by atoms with Gasteiger partial charge in [0, 0.05) is 12.6 Å². The first-order valence-electron chi connectivity index (χ1n) is 6.51. The molecule has 0 unspecified atom stereocenters. The Morgan fingerprint density at radius 3 is 2.61 bits per heavy atom. The van der Waals surface area contributed by atoms with Crippen LogP contribution in [-0.4, -0.2) is 23.7 Å². The molecule has 1 aromatic carbocycles. The number of nitrogens with zero attached hydrogens (tertiary/aromatic N) is 1. The zero-order valence-electron chi connectivity index (χ0n) is 10.5. The number of para-hydroxylation sites is 2. The lowest BCUT2D eigenvalue weighted by molar-refractivity contribution is -0.136. The highest BCUT2D eigenvalue weighted by Crippen LogP contribution is 2.31. The minimum absolute atomic E-state index is 0.158. The van der Waals surface area contributed by atoms with Crippen LogP contribution in [0.1, 0.15) is 32.1 Å². The average molecular weight is 248 g/mol. The van der Waals surface area contributed by atoms with E-state index in [9.17, 15) is 4.79 Å². The minimum Gasteiger partial charge on any atom is -0.481 e. The summed E-state index contributed by atoms with van der Waals surface area (Å²) in [5, 5.41) is 8.86. The van der Waals surface area contributed by atoms with E-state index in [1.54, 1.807) is 0 Å². The smallest absolute Gasteiger partial charge is 0.305 e. The Labute approximate surface area is 107 Å². The maximum Gasteiger partial charge on any atom is 0.305 e. The van der Waals surface area contributed by atoms with Gasteiger partial charge < -0.3 is 15.7 Å². The summed E-state index contributed by atoms with van der Waals surface area (Å²) in [4.78, 5) is 13.0. The van der Waals surface area contributed by atoms with Crippen LogP contribution in [-0.2, 0) is 4.79 Å². The Morgan fingerprint density at radius 1 is 1.33 bits per heavy atom. The molecule has 18 heavy (non-hydrogen) atoms. The fourth-order valence-corrected chi connectivity index (χ4v) is 2.68. The summed E-state index contributed by atoms with van der Waals surface area (Å²) >= 11 is 0. The summed E-state index contributed by atoms with van der Waals surface area (Å²) in [6.07, 6.45) is 4.87. The van der Waals surface area contributed by atoms with Gasteiger partial charge in [-0.05, 0) is 25.0 Å². The van der Waals surface area contributed by atoms with Gasteiger partial charge >= 0.3 is 5.97 Å². The maximum absolute atomic E-state index is 10.8. The van der Waals surface area contributed by atoms with E-state index in [0.717, 1.165) is 24.2 Å². The maximum atomic E-state index is 10.8. The van der Waals surface area contributed by atoms with Gasteiger partial charge in [0.05, 0.1) is 17.8 Å². The van der Waals surface area contributed by atoms with Crippen LogP contribution in [0.5, 0.6) is 0 Å². The summed E-state index contributed by atoms with van der Waals surface area (Å²) < 4.78 is 0. The molecule has 0 radical (unpaired) electrons. The molecule has 0 aromatic heterocycles. The topological polar surface area (TPSA) is 66.6 Å². The lowest BCUT2D eigenvalue weighted by Gasteiger charge is -2.31. The number of carboxylic acid groups (broad SMARTS) is 1. The predicted molar refractivity (Wildman–Crippen MR) is 72.7 cm³/mol. The van der Waals surface area contributed by atoms with E-state index in [2.05, 4.69) is 4.90 Å². The molecule has 98 valence electrons. The Morgan fingerprint density at radius 2 is 2.00 bits per heavy atom. The zero-order valence-corrected chi connectivity index (χ0v) is 10.5. The molecule has 4 heteroatoms. The Balaban J connectivity index is 2.17. The van der Waals surface area contributed by atoms with E-state index >= 15 is 0 Å². The highest BCUT2D eigenvalue weighted by molar-refractivity contribution is 5.71. The lowest BCUT2D eigenvalue weighted by Crippen LogP contribution is -2.35. The number of aliphatic carboxylic acids is 1. The summed E-state index contributed by atoms with van der Waals surface area (Å²) in [5.41, 5.74) is 7.72. The molecule has 0 spiro atoms. The molecule has 0 saturated heterocycles. The average Bonchev–Trinajstić information content (AvgIpc) is 2.85. The van der Waals surface area contributed by atoms with Gasteiger partial charge in [0.2, 0.25) is 0 Å². The van der Waals surface area contributed by atoms with Gasteiger partial charge in [-0.3, -0.25) is 4.79 Å². The largest absolute Gasteiger partial charge is 0.481 e. The highest BCUT2D eigenvalue weighted by atomic mass is 16.4. The predicted octanol–water partition coefficient (Wildman–Crippen LogP) is 2.49. The van der Waals surface area contributed by atoms with E-state index in [-0.39, 0.29) is 6.42 Å². The number of anilines is 2. The number of nitrogen functional groups attached to an aromatic ring is 1. The molecule has 0 heterocycles. The van der Waals surface area contributed by atoms with Crippen molar-refractivity contribution in [3.05, 3.63) is 24.3 Å². The van der Waals surface area contributed by atoms with Crippen LogP contribution >= 0.6 is 0 Å². The molecule has 4 nitrogen and oxygen atoms in total. The van der Waals surface area contributed by atoms with E-state index in [0.29, 0.717) is 12.6 Å². The third-order valence-corrected chi connectivity index (χ3v) is 3.58. The molecular weight excluding hydrogens is 228 g/mol. The third kappa shape index (κ3) is 2.94. The fraction of sp³-hybridized carbons (Fsp3) is 0.500. The van der Waals surface area contributed by atoms with Crippen LogP contribution in [0.3, 0.4) is 0 Å². The fourth-order valence-electron chi connectivity index (χ4n) is 2.68. The number of benzene rings is 1. The van der Waals surface area contributed by atoms with Crippen LogP contribution in [0.4, 0.5) is 11.4 Å². The normalized spacial score (nSPS) is 15.8. The second-order valence-electron chi connectivity index (χ2n) is 4.83. The van der Waals surface area contributed by atoms with E-state index < -0.39 is 5.97 Å². The van der Waals surface area contributed by atoms with Crippen molar-refractivity contribution in [2.45, 2.75) is 38.1 Å². The molecule has 1 aliphatic carbocycles. The van der Waals surface area contributed by atoms with Gasteiger partial charge in [0.25, 0.3) is 0 Å². The lowest BCUT2D eigenvalue weighted by atomic mass is 10.1. The number of hydrogen-bond acceptors (Lipinski definition) is 3. The van der Waals surface area contributed by atoms with Crippen molar-refractivity contribution in [1.82, 2.24) is 0 Å². The first-order valence-corrected chi connectivity index (χ1v) is 6.51. The molecule has 3 N–H and O–H groups in total. The second kappa shape index (κ2) is 5.76. The van der Waals surface area contributed by atoms with E-state index in [4.69, 9.17) is 10.8 Å². The SMILES string of the molecule is Nc1ccccc1N(CCC(=O)O)C1CCCC1. The van der Waals surface area contributed by atoms with Crippen LogP contribution < -0.4 is 10.6 Å². The number of hydrogen-bond donors (Lipinski definition) is 2. The molecule has 1 aromatic rings. The summed E-state index contributed by atoms with van der Waals surface area (Å²) in [6, 6.07) is 8.15. The van der Waals surface area contributed by atoms with Gasteiger partial charge in [-0.15, -0.1) is 0 Å². The Kier molecular flexibility index (Phi) is 4.07. The number of carbonyl (C=O) groups is 1. The Hall–Kier alpha value is -1.71. The molecular formula is C14H20N2O2. The highest BCUT2D eigenvalue weighted by Gasteiger charge is 2.24. The second-order valence-corrected chi connectivity index (χ2v) is 4.83. The van der Waals surface area contributed by atoms with Crippen molar-refractivity contribution in [2.75, 3.05) is 17.2 Å². The third-order valence-electron chi connectivity index (χ3n) is 3.58. The Bertz CT molecular complexity index is 414. The molecule has 1 saturated carbocycles. The molecule has 0 aliphatic heterocycles. The van der Waals surface area contributed by atoms with Crippen molar-refractivity contribution in [3.63, 3.8) is 0 Å².